The molecule has 0 bridgehead atoms. The topological polar surface area (TPSA) is 162 Å². The summed E-state index contributed by atoms with van der Waals surface area (Å²) in [6, 6.07) is 0. The first-order valence-corrected chi connectivity index (χ1v) is 11.1. The average molecular weight is 1120 g/mol. The fourth-order valence-electron chi connectivity index (χ4n) is 0. The molecule has 0 aromatic carbocycles. The third-order valence-corrected chi connectivity index (χ3v) is 1.69. The van der Waals surface area contributed by atoms with Crippen LogP contribution >= 0.6 is 0 Å². The van der Waals surface area contributed by atoms with E-state index in [0.717, 1.165) is 51.3 Å². The van der Waals surface area contributed by atoms with Gasteiger partial charge in [0.2, 0.25) is 51.3 Å². The summed E-state index contributed by atoms with van der Waals surface area (Å²) < 4.78 is 0. The standard InChI is InChI=1S/8C3H7NO.3HI.Tb/c8*1-4(2)3-5;;;;/h8*3H,1-2H3;3*1H;/q;;;;;;;;;;;+3/p-3. The number of halogens is 3. The third kappa shape index (κ3) is 288. The Labute approximate surface area is 348 Å². The number of rotatable bonds is 8. The summed E-state index contributed by atoms with van der Waals surface area (Å²) in [6.07, 6.45) is 6.00. The monoisotopic (exact) mass is 1120 g/mol. The molecule has 0 aromatic rings. The van der Waals surface area contributed by atoms with Crippen molar-refractivity contribution < 1.29 is 149 Å². The van der Waals surface area contributed by atoms with Gasteiger partial charge in [0, 0.05) is 113 Å². The molecule has 20 heteroatoms. The van der Waals surface area contributed by atoms with Crippen molar-refractivity contribution in [3.63, 3.8) is 0 Å². The van der Waals surface area contributed by atoms with E-state index in [1.54, 1.807) is 113 Å². The molecule has 0 atom stereocenters. The van der Waals surface area contributed by atoms with Crippen molar-refractivity contribution in [1.29, 1.82) is 0 Å². The molecule has 0 aliphatic heterocycles. The minimum absolute atomic E-state index is 0. The molecular formula is C24H56I3N8O8Tb. The van der Waals surface area contributed by atoms with E-state index in [2.05, 4.69) is 0 Å². The molecule has 16 nitrogen and oxygen atoms in total. The van der Waals surface area contributed by atoms with Crippen molar-refractivity contribution >= 4 is 51.3 Å². The number of carbonyl (C=O) groups excluding carboxylic acids is 8. The molecule has 0 saturated heterocycles. The Hall–Kier alpha value is -0.764. The van der Waals surface area contributed by atoms with Crippen LogP contribution in [0, 0.1) is 38.6 Å². The molecule has 270 valence electrons. The van der Waals surface area contributed by atoms with Gasteiger partial charge in [0.1, 0.15) is 0 Å². The molecule has 0 saturated carbocycles. The summed E-state index contributed by atoms with van der Waals surface area (Å²) in [5.41, 5.74) is 0. The zero-order chi connectivity index (χ0) is 34.3. The summed E-state index contributed by atoms with van der Waals surface area (Å²) >= 11 is 0. The maximum Gasteiger partial charge on any atom is 3.00 e. The van der Waals surface area contributed by atoms with E-state index in [1.165, 1.54) is 39.2 Å². The maximum atomic E-state index is 9.43. The summed E-state index contributed by atoms with van der Waals surface area (Å²) in [7, 11) is 27.0. The predicted molar refractivity (Wildman–Crippen MR) is 158 cm³/mol. The number of hydrogen-bond acceptors (Lipinski definition) is 8. The van der Waals surface area contributed by atoms with Crippen LogP contribution in [-0.4, -0.2) is 203 Å². The zero-order valence-corrected chi connectivity index (χ0v) is 37.5. The van der Waals surface area contributed by atoms with E-state index in [9.17, 15) is 38.4 Å². The van der Waals surface area contributed by atoms with Gasteiger partial charge in [0.25, 0.3) is 0 Å². The van der Waals surface area contributed by atoms with E-state index in [-0.39, 0.29) is 111 Å². The SMILES string of the molecule is CN(C)C=O.CN(C)C=O.CN(C)C=O.CN(C)C=O.CN(C)C=O.CN(C)C=O.CN(C)C=O.CN(C)C=O.[I-].[I-].[I-].[Tb+3]. The summed E-state index contributed by atoms with van der Waals surface area (Å²) in [6.45, 7) is 0. The second kappa shape index (κ2) is 73.6. The Morgan fingerprint density at radius 3 is 0.250 bits per heavy atom. The molecule has 0 heterocycles. The molecular weight excluding hydrogens is 1070 g/mol. The van der Waals surface area contributed by atoms with Crippen molar-refractivity contribution in [2.24, 2.45) is 0 Å². The first-order chi connectivity index (χ1) is 18.2. The van der Waals surface area contributed by atoms with Crippen LogP contribution in [0.2, 0.25) is 0 Å². The van der Waals surface area contributed by atoms with Crippen LogP contribution in [0.5, 0.6) is 0 Å². The summed E-state index contributed by atoms with van der Waals surface area (Å²) in [5.74, 6) is 0. The molecule has 0 radical (unpaired) electrons. The number of nitrogens with zero attached hydrogens (tertiary/aromatic N) is 8. The van der Waals surface area contributed by atoms with Crippen molar-refractivity contribution in [1.82, 2.24) is 39.2 Å². The molecule has 0 unspecified atom stereocenters. The Bertz CT molecular complexity index is 438. The maximum absolute atomic E-state index is 9.43. The van der Waals surface area contributed by atoms with Crippen LogP contribution in [0.4, 0.5) is 0 Å². The minimum Gasteiger partial charge on any atom is -1.00 e. The van der Waals surface area contributed by atoms with Gasteiger partial charge in [-0.3, -0.25) is 38.4 Å². The van der Waals surface area contributed by atoms with Crippen LogP contribution < -0.4 is 71.9 Å². The largest absolute Gasteiger partial charge is 3.00 e. The van der Waals surface area contributed by atoms with Gasteiger partial charge < -0.3 is 111 Å². The second-order valence-corrected chi connectivity index (χ2v) is 8.55. The Morgan fingerprint density at radius 2 is 0.250 bits per heavy atom. The number of hydrogen-bond donors (Lipinski definition) is 0. The molecule has 0 rings (SSSR count). The van der Waals surface area contributed by atoms with Gasteiger partial charge in [-0.2, -0.15) is 0 Å². The van der Waals surface area contributed by atoms with E-state index >= 15 is 0 Å². The van der Waals surface area contributed by atoms with Gasteiger partial charge in [-0.25, -0.2) is 0 Å². The molecule has 0 spiro atoms. The molecule has 0 N–H and O–H groups in total. The van der Waals surface area contributed by atoms with E-state index < -0.39 is 0 Å². The smallest absolute Gasteiger partial charge is 1.00 e. The van der Waals surface area contributed by atoms with E-state index in [4.69, 9.17) is 0 Å². The Kier molecular flexibility index (Phi) is 132. The van der Waals surface area contributed by atoms with Crippen molar-refractivity contribution in [2.45, 2.75) is 0 Å². The van der Waals surface area contributed by atoms with Crippen LogP contribution in [-0.2, 0) is 38.4 Å². The molecule has 0 aromatic heterocycles. The molecule has 0 aliphatic carbocycles. The predicted octanol–water partition coefficient (Wildman–Crippen LogP) is -11.4. The van der Waals surface area contributed by atoms with Crippen molar-refractivity contribution in [3.05, 3.63) is 0 Å². The van der Waals surface area contributed by atoms with Gasteiger partial charge in [-0.15, -0.1) is 0 Å². The quantitative estimate of drug-likeness (QED) is 0.171. The number of amides is 8. The summed E-state index contributed by atoms with van der Waals surface area (Å²) in [4.78, 5) is 87.0. The van der Waals surface area contributed by atoms with Crippen LogP contribution in [0.3, 0.4) is 0 Å². The first-order valence-electron chi connectivity index (χ1n) is 11.1. The van der Waals surface area contributed by atoms with Crippen LogP contribution in [0.25, 0.3) is 0 Å². The molecule has 44 heavy (non-hydrogen) atoms. The van der Waals surface area contributed by atoms with Crippen molar-refractivity contribution in [3.8, 4) is 0 Å². The van der Waals surface area contributed by atoms with Crippen LogP contribution in [0.15, 0.2) is 0 Å². The van der Waals surface area contributed by atoms with Crippen molar-refractivity contribution in [2.75, 3.05) is 113 Å². The van der Waals surface area contributed by atoms with Crippen LogP contribution in [0.1, 0.15) is 0 Å². The van der Waals surface area contributed by atoms with Gasteiger partial charge in [-0.1, -0.05) is 0 Å². The van der Waals surface area contributed by atoms with E-state index in [0.29, 0.717) is 0 Å². The van der Waals surface area contributed by atoms with E-state index in [1.807, 2.05) is 0 Å². The van der Waals surface area contributed by atoms with Gasteiger partial charge in [0.15, 0.2) is 0 Å². The third-order valence-electron chi connectivity index (χ3n) is 1.69. The Morgan fingerprint density at radius 1 is 0.227 bits per heavy atom. The second-order valence-electron chi connectivity index (χ2n) is 8.55. The first kappa shape index (κ1) is 79.0. The van der Waals surface area contributed by atoms with Gasteiger partial charge in [-0.05, 0) is 0 Å². The fraction of sp³-hybridized carbons (Fsp3) is 0.667. The fourth-order valence-corrected chi connectivity index (χ4v) is 0. The normalized spacial score (nSPS) is 6.18. The van der Waals surface area contributed by atoms with Gasteiger partial charge >= 0.3 is 38.6 Å². The molecule has 8 amide bonds. The summed E-state index contributed by atoms with van der Waals surface area (Å²) in [5, 5.41) is 0. The van der Waals surface area contributed by atoms with Gasteiger partial charge in [0.05, 0.1) is 0 Å². The zero-order valence-electron chi connectivity index (χ0n) is 28.9. The molecule has 0 fully saturated rings. The Balaban J connectivity index is -0.0000000263. The molecule has 0 aliphatic rings. The average Bonchev–Trinajstić information content (AvgIpc) is 2.90. The minimum atomic E-state index is 0. The number of carbonyl (C=O) groups is 8.